The second-order valence-electron chi connectivity index (χ2n) is 7.74. The van der Waals surface area contributed by atoms with Gasteiger partial charge in [-0.3, -0.25) is 14.5 Å². The maximum atomic E-state index is 13.9. The average molecular weight is 472 g/mol. The van der Waals surface area contributed by atoms with Crippen molar-refractivity contribution >= 4 is 23.4 Å². The zero-order valence-electron chi connectivity index (χ0n) is 17.8. The first-order valence-corrected chi connectivity index (χ1v) is 10.7. The van der Waals surface area contributed by atoms with Gasteiger partial charge in [0.1, 0.15) is 0 Å². The predicted molar refractivity (Wildman–Crippen MR) is 114 cm³/mol. The first-order valence-electron chi connectivity index (χ1n) is 10.3. The van der Waals surface area contributed by atoms with Crippen LogP contribution in [0.5, 0.6) is 0 Å². The van der Waals surface area contributed by atoms with Gasteiger partial charge in [-0.1, -0.05) is 24.6 Å². The van der Waals surface area contributed by atoms with E-state index in [1.54, 1.807) is 0 Å². The van der Waals surface area contributed by atoms with Crippen LogP contribution in [0.4, 0.5) is 13.2 Å². The lowest BCUT2D eigenvalue weighted by Crippen LogP contribution is -2.51. The maximum Gasteiger partial charge on any atom is 0.434 e. The van der Waals surface area contributed by atoms with Gasteiger partial charge in [0.2, 0.25) is 5.91 Å². The van der Waals surface area contributed by atoms with Crippen LogP contribution in [0.2, 0.25) is 5.02 Å². The summed E-state index contributed by atoms with van der Waals surface area (Å²) in [4.78, 5) is 28.2. The van der Waals surface area contributed by atoms with Gasteiger partial charge in [-0.25, -0.2) is 4.68 Å². The number of aromatic nitrogens is 2. The molecule has 1 N–H and O–H groups in total. The Kier molecular flexibility index (Phi) is 7.45. The molecule has 2 aromatic rings. The summed E-state index contributed by atoms with van der Waals surface area (Å²) < 4.78 is 42.3. The quantitative estimate of drug-likeness (QED) is 0.702. The molecule has 0 bridgehead atoms. The van der Waals surface area contributed by atoms with E-state index >= 15 is 0 Å². The molecule has 1 unspecified atom stereocenters. The van der Waals surface area contributed by atoms with E-state index in [9.17, 15) is 22.8 Å². The second-order valence-corrected chi connectivity index (χ2v) is 8.18. The molecular formula is C21H25ClF3N5O2. The summed E-state index contributed by atoms with van der Waals surface area (Å²) in [6, 6.07) is 5.91. The molecule has 1 aromatic heterocycles. The molecule has 2 amide bonds. The number of hydrogen-bond acceptors (Lipinski definition) is 4. The van der Waals surface area contributed by atoms with Crippen molar-refractivity contribution in [3.05, 3.63) is 46.7 Å². The number of nitrogens with one attached hydrogen (secondary N) is 1. The number of alkyl halides is 3. The van der Waals surface area contributed by atoms with Gasteiger partial charge in [0.05, 0.1) is 24.0 Å². The van der Waals surface area contributed by atoms with Gasteiger partial charge in [0, 0.05) is 37.2 Å². The number of nitrogens with zero attached hydrogens (tertiary/aromatic N) is 4. The Morgan fingerprint density at radius 1 is 1.22 bits per heavy atom. The van der Waals surface area contributed by atoms with Gasteiger partial charge < -0.3 is 10.2 Å². The number of amides is 2. The van der Waals surface area contributed by atoms with Crippen molar-refractivity contribution in [3.63, 3.8) is 0 Å². The van der Waals surface area contributed by atoms with Crippen LogP contribution >= 0.6 is 11.6 Å². The molecule has 0 radical (unpaired) electrons. The minimum atomic E-state index is -4.79. The highest BCUT2D eigenvalue weighted by Crippen LogP contribution is 2.34. The maximum absolute atomic E-state index is 13.9. The molecule has 7 nitrogen and oxygen atoms in total. The van der Waals surface area contributed by atoms with Crippen LogP contribution < -0.4 is 5.32 Å². The molecule has 0 spiro atoms. The lowest BCUT2D eigenvalue weighted by Gasteiger charge is -2.34. The smallest absolute Gasteiger partial charge is 0.353 e. The standard InChI is InChI=1S/C21H25ClF3N5O2/c1-3-14(2)27-18(31)13-28-7-9-29(10-8-28)20(32)17-12-26-30(19(17)21(23,24)25)16-6-4-5-15(22)11-16/h4-6,11-12,14H,3,7-10,13H2,1-2H3,(H,27,31). The molecule has 1 fully saturated rings. The molecule has 3 rings (SSSR count). The number of carbonyl (C=O) groups excluding carboxylic acids is 2. The van der Waals surface area contributed by atoms with Crippen LogP contribution in [0, 0.1) is 0 Å². The van der Waals surface area contributed by atoms with Crippen molar-refractivity contribution in [2.75, 3.05) is 32.7 Å². The molecule has 0 aliphatic carbocycles. The molecule has 1 aliphatic rings. The number of carbonyl (C=O) groups is 2. The lowest BCUT2D eigenvalue weighted by molar-refractivity contribution is -0.143. The van der Waals surface area contributed by atoms with Gasteiger partial charge in [-0.2, -0.15) is 18.3 Å². The van der Waals surface area contributed by atoms with Crippen LogP contribution in [0.1, 0.15) is 36.3 Å². The Morgan fingerprint density at radius 2 is 1.91 bits per heavy atom. The number of piperazine rings is 1. The SMILES string of the molecule is CCC(C)NC(=O)CN1CCN(C(=O)c2cnn(-c3cccc(Cl)c3)c2C(F)(F)F)CC1. The van der Waals surface area contributed by atoms with Crippen LogP contribution in [0.25, 0.3) is 5.69 Å². The van der Waals surface area contributed by atoms with E-state index in [0.29, 0.717) is 17.8 Å². The van der Waals surface area contributed by atoms with E-state index in [2.05, 4.69) is 10.4 Å². The minimum Gasteiger partial charge on any atom is -0.353 e. The molecule has 1 atom stereocenters. The van der Waals surface area contributed by atoms with Crippen LogP contribution in [0.3, 0.4) is 0 Å². The highest BCUT2D eigenvalue weighted by atomic mass is 35.5. The fraction of sp³-hybridized carbons (Fsp3) is 0.476. The van der Waals surface area contributed by atoms with E-state index in [1.165, 1.54) is 29.2 Å². The first kappa shape index (κ1) is 24.1. The van der Waals surface area contributed by atoms with Gasteiger partial charge in [0.25, 0.3) is 5.91 Å². The first-order chi connectivity index (χ1) is 15.1. The van der Waals surface area contributed by atoms with Crippen molar-refractivity contribution < 1.29 is 22.8 Å². The third-order valence-corrected chi connectivity index (χ3v) is 5.60. The Bertz CT molecular complexity index is 971. The van der Waals surface area contributed by atoms with Crippen molar-refractivity contribution in [1.82, 2.24) is 24.9 Å². The van der Waals surface area contributed by atoms with Gasteiger partial charge >= 0.3 is 6.18 Å². The topological polar surface area (TPSA) is 70.5 Å². The number of rotatable bonds is 6. The third-order valence-electron chi connectivity index (χ3n) is 5.37. The molecule has 32 heavy (non-hydrogen) atoms. The fourth-order valence-electron chi connectivity index (χ4n) is 3.49. The second kappa shape index (κ2) is 9.91. The van der Waals surface area contributed by atoms with Crippen LogP contribution in [-0.4, -0.2) is 70.2 Å². The average Bonchev–Trinajstić information content (AvgIpc) is 3.19. The van der Waals surface area contributed by atoms with Crippen molar-refractivity contribution in [2.24, 2.45) is 0 Å². The summed E-state index contributed by atoms with van der Waals surface area (Å²) in [6.45, 7) is 5.29. The van der Waals surface area contributed by atoms with E-state index in [0.717, 1.165) is 12.6 Å². The van der Waals surface area contributed by atoms with E-state index < -0.39 is 23.3 Å². The largest absolute Gasteiger partial charge is 0.434 e. The predicted octanol–water partition coefficient (Wildman–Crippen LogP) is 3.22. The van der Waals surface area contributed by atoms with Crippen LogP contribution in [-0.2, 0) is 11.0 Å². The highest BCUT2D eigenvalue weighted by Gasteiger charge is 2.41. The molecule has 1 saturated heterocycles. The molecule has 1 aromatic carbocycles. The summed E-state index contributed by atoms with van der Waals surface area (Å²) in [6.07, 6.45) is -3.03. The Hall–Kier alpha value is -2.59. The van der Waals surface area contributed by atoms with E-state index in [1.807, 2.05) is 18.7 Å². The van der Waals surface area contributed by atoms with Crippen molar-refractivity contribution in [3.8, 4) is 5.69 Å². The highest BCUT2D eigenvalue weighted by molar-refractivity contribution is 6.30. The normalized spacial score (nSPS) is 16.1. The lowest BCUT2D eigenvalue weighted by atomic mass is 10.1. The Balaban J connectivity index is 1.73. The van der Waals surface area contributed by atoms with Crippen LogP contribution in [0.15, 0.2) is 30.5 Å². The monoisotopic (exact) mass is 471 g/mol. The number of benzene rings is 1. The molecule has 11 heteroatoms. The summed E-state index contributed by atoms with van der Waals surface area (Å²) in [5.74, 6) is -0.851. The number of halogens is 4. The van der Waals surface area contributed by atoms with E-state index in [4.69, 9.17) is 11.6 Å². The fourth-order valence-corrected chi connectivity index (χ4v) is 3.67. The van der Waals surface area contributed by atoms with E-state index in [-0.39, 0.29) is 42.3 Å². The van der Waals surface area contributed by atoms with Crippen molar-refractivity contribution in [2.45, 2.75) is 32.5 Å². The summed E-state index contributed by atoms with van der Waals surface area (Å²) >= 11 is 5.91. The molecule has 2 heterocycles. The zero-order valence-corrected chi connectivity index (χ0v) is 18.6. The Morgan fingerprint density at radius 3 is 2.50 bits per heavy atom. The van der Waals surface area contributed by atoms with Gasteiger partial charge in [-0.05, 0) is 31.5 Å². The Labute approximate surface area is 189 Å². The summed E-state index contributed by atoms with van der Waals surface area (Å²) in [5.41, 5.74) is -1.54. The third kappa shape index (κ3) is 5.60. The zero-order chi connectivity index (χ0) is 23.5. The minimum absolute atomic E-state index is 0.0715. The van der Waals surface area contributed by atoms with Crippen molar-refractivity contribution in [1.29, 1.82) is 0 Å². The van der Waals surface area contributed by atoms with Gasteiger partial charge in [0.15, 0.2) is 5.69 Å². The molecular weight excluding hydrogens is 447 g/mol. The molecule has 0 saturated carbocycles. The summed E-state index contributed by atoms with van der Waals surface area (Å²) in [5, 5.41) is 6.96. The van der Waals surface area contributed by atoms with Gasteiger partial charge in [-0.15, -0.1) is 0 Å². The molecule has 174 valence electrons. The molecule has 1 aliphatic heterocycles. The number of hydrogen-bond donors (Lipinski definition) is 1. The summed E-state index contributed by atoms with van der Waals surface area (Å²) in [7, 11) is 0.